The van der Waals surface area contributed by atoms with Crippen LogP contribution >= 0.6 is 0 Å². The Morgan fingerprint density at radius 3 is 1.00 bits per heavy atom. The fraction of sp³-hybridized carbons (Fsp3) is 0. The van der Waals surface area contributed by atoms with Crippen molar-refractivity contribution in [2.75, 3.05) is 9.80 Å². The minimum absolute atomic E-state index is 0.131. The highest BCUT2D eigenvalue weighted by molar-refractivity contribution is 7.00. The Kier molecular flexibility index (Phi) is 10.5. The molecule has 7 heteroatoms. The summed E-state index contributed by atoms with van der Waals surface area (Å²) in [4.78, 5) is 4.92. The van der Waals surface area contributed by atoms with Gasteiger partial charge in [-0.1, -0.05) is 212 Å². The van der Waals surface area contributed by atoms with Gasteiger partial charge >= 0.3 is 0 Å². The monoisotopic (exact) mass is 1080 g/mol. The molecular weight excluding hydrogens is 1030 g/mol. The van der Waals surface area contributed by atoms with Crippen LogP contribution in [0.25, 0.3) is 72.0 Å². The van der Waals surface area contributed by atoms with Crippen LogP contribution in [0.15, 0.2) is 297 Å². The highest BCUT2D eigenvalue weighted by Crippen LogP contribution is 2.47. The summed E-state index contributed by atoms with van der Waals surface area (Å²) in [5.41, 5.74) is 26.3. The van der Waals surface area contributed by atoms with Crippen molar-refractivity contribution in [2.45, 2.75) is 0 Å². The lowest BCUT2D eigenvalue weighted by atomic mass is 9.34. The van der Waals surface area contributed by atoms with Gasteiger partial charge in [-0.3, -0.25) is 0 Å². The number of anilines is 6. The van der Waals surface area contributed by atoms with Gasteiger partial charge in [0.25, 0.3) is 13.4 Å². The van der Waals surface area contributed by atoms with E-state index in [0.717, 1.165) is 129 Å². The lowest BCUT2D eigenvalue weighted by molar-refractivity contribution is 0.488. The molecule has 14 aromatic rings. The molecule has 13 aromatic carbocycles. The van der Waals surface area contributed by atoms with E-state index in [9.17, 15) is 0 Å². The molecule has 394 valence electrons. The largest absolute Gasteiger partial charge is 0.458 e. The van der Waals surface area contributed by atoms with Crippen LogP contribution in [0.4, 0.5) is 34.1 Å². The normalized spacial score (nSPS) is 13.0. The fourth-order valence-corrected chi connectivity index (χ4v) is 14.3. The van der Waals surface area contributed by atoms with Crippen molar-refractivity contribution in [3.63, 3.8) is 0 Å². The third-order valence-electron chi connectivity index (χ3n) is 18.1. The number of benzene rings is 13. The number of nitrogens with zero attached hydrogens (tertiary/aromatic N) is 3. The van der Waals surface area contributed by atoms with Crippen LogP contribution in [-0.4, -0.2) is 18.0 Å². The molecule has 0 fully saturated rings. The molecule has 0 unspecified atom stereocenters. The number of aromatic nitrogens is 1. The van der Waals surface area contributed by atoms with Gasteiger partial charge in [-0.15, -0.1) is 0 Å². The van der Waals surface area contributed by atoms with Crippen molar-refractivity contribution in [1.29, 1.82) is 0 Å². The molecule has 0 saturated carbocycles. The van der Waals surface area contributed by atoms with Gasteiger partial charge in [-0.05, 0) is 150 Å². The predicted octanol–water partition coefficient (Wildman–Crippen LogP) is 16.3. The lowest BCUT2D eigenvalue weighted by Crippen LogP contribution is -2.59. The molecular formula is C78H49B2N3O2. The minimum Gasteiger partial charge on any atom is -0.458 e. The van der Waals surface area contributed by atoms with Crippen molar-refractivity contribution < 1.29 is 9.47 Å². The second-order valence-corrected chi connectivity index (χ2v) is 22.7. The SMILES string of the molecule is c1ccc(-c2cccc(N3c4cc(-c5ccccc5)ccc4B4c5cc6c7cc8c(cc7n(-c7ccccc7)c6cc5Oc5cccc3c54)Oc3cccc4c3B8c3ccc(-c5ccccc5)cc3N4c3cccc(-c4ccccc4)c3)c2)cc1. The highest BCUT2D eigenvalue weighted by Gasteiger charge is 2.45. The Morgan fingerprint density at radius 2 is 0.588 bits per heavy atom. The molecule has 0 spiro atoms. The molecule has 4 aliphatic rings. The summed E-state index contributed by atoms with van der Waals surface area (Å²) in [7, 11) is 0. The van der Waals surface area contributed by atoms with Crippen LogP contribution < -0.4 is 52.1 Å². The smallest absolute Gasteiger partial charge is 0.256 e. The van der Waals surface area contributed by atoms with Crippen LogP contribution in [0, 0.1) is 0 Å². The van der Waals surface area contributed by atoms with E-state index in [1.807, 2.05) is 0 Å². The standard InChI is InChI=1S/C78H49B2N3O2/c1-6-20-50(21-7-1)54-28-16-32-59(42-54)82-67-34-18-36-73-77(67)79(63-40-38-56(44-71(63)82)52-24-10-3-11-25-52)65-46-61-62-47-66-76(49-70(62)81(58-30-14-5-15-31-58)69(61)48-75(65)84-73)85-74-37-19-35-68-78(74)80(66)64-41-39-57(53-26-12-4-13-27-53)45-72(64)83(68)60-33-17-29-55(43-60)51-22-8-2-9-23-51/h1-49H. The Hall–Kier alpha value is -11.0. The second kappa shape index (κ2) is 18.8. The first-order valence-corrected chi connectivity index (χ1v) is 29.3. The van der Waals surface area contributed by atoms with E-state index in [4.69, 9.17) is 9.47 Å². The van der Waals surface area contributed by atoms with Gasteiger partial charge in [-0.2, -0.15) is 0 Å². The first-order valence-electron chi connectivity index (χ1n) is 29.3. The van der Waals surface area contributed by atoms with Gasteiger partial charge in [0.2, 0.25) is 0 Å². The third kappa shape index (κ3) is 7.40. The third-order valence-corrected chi connectivity index (χ3v) is 18.1. The van der Waals surface area contributed by atoms with Gasteiger partial charge < -0.3 is 23.8 Å². The summed E-state index contributed by atoms with van der Waals surface area (Å²) in [5, 5.41) is 2.30. The molecule has 5 nitrogen and oxygen atoms in total. The van der Waals surface area contributed by atoms with E-state index in [-0.39, 0.29) is 13.4 Å². The van der Waals surface area contributed by atoms with Gasteiger partial charge in [0.05, 0.1) is 11.0 Å². The van der Waals surface area contributed by atoms with Crippen LogP contribution in [-0.2, 0) is 0 Å². The second-order valence-electron chi connectivity index (χ2n) is 22.7. The number of hydrogen-bond donors (Lipinski definition) is 0. The molecule has 85 heavy (non-hydrogen) atoms. The number of ether oxygens (including phenoxy) is 2. The van der Waals surface area contributed by atoms with Gasteiger partial charge in [0.15, 0.2) is 0 Å². The average Bonchev–Trinajstić information content (AvgIpc) is 1.82. The van der Waals surface area contributed by atoms with Gasteiger partial charge in [0, 0.05) is 62.7 Å². The van der Waals surface area contributed by atoms with Crippen molar-refractivity contribution in [3.05, 3.63) is 297 Å². The molecule has 0 saturated heterocycles. The Morgan fingerprint density at radius 1 is 0.235 bits per heavy atom. The summed E-state index contributed by atoms with van der Waals surface area (Å²) >= 11 is 0. The lowest BCUT2D eigenvalue weighted by Gasteiger charge is -2.40. The van der Waals surface area contributed by atoms with E-state index >= 15 is 0 Å². The molecule has 0 radical (unpaired) electrons. The average molecular weight is 1080 g/mol. The molecule has 0 N–H and O–H groups in total. The molecule has 0 atom stereocenters. The zero-order chi connectivity index (χ0) is 55.7. The number of rotatable bonds is 7. The number of fused-ring (bicyclic) bond motifs is 11. The Bertz CT molecular complexity index is 4740. The van der Waals surface area contributed by atoms with Crippen molar-refractivity contribution in [3.8, 4) is 73.2 Å². The molecule has 0 aliphatic carbocycles. The molecule has 1 aromatic heterocycles. The minimum atomic E-state index is -0.131. The summed E-state index contributed by atoms with van der Waals surface area (Å²) in [6.07, 6.45) is 0. The van der Waals surface area contributed by atoms with Crippen LogP contribution in [0.2, 0.25) is 0 Å². The van der Waals surface area contributed by atoms with E-state index in [0.29, 0.717) is 0 Å². The van der Waals surface area contributed by atoms with E-state index in [1.165, 1.54) is 33.2 Å². The topological polar surface area (TPSA) is 29.9 Å². The fourth-order valence-electron chi connectivity index (χ4n) is 14.3. The Balaban J connectivity index is 0.858. The number of hydrogen-bond acceptors (Lipinski definition) is 4. The van der Waals surface area contributed by atoms with Crippen LogP contribution in [0.5, 0.6) is 23.0 Å². The highest BCUT2D eigenvalue weighted by atomic mass is 16.5. The maximum absolute atomic E-state index is 7.29. The van der Waals surface area contributed by atoms with Gasteiger partial charge in [0.1, 0.15) is 23.0 Å². The number of para-hydroxylation sites is 1. The van der Waals surface area contributed by atoms with E-state index < -0.39 is 0 Å². The molecule has 0 amide bonds. The van der Waals surface area contributed by atoms with Crippen LogP contribution in [0.1, 0.15) is 0 Å². The molecule has 4 aliphatic heterocycles. The van der Waals surface area contributed by atoms with Crippen molar-refractivity contribution in [2.24, 2.45) is 0 Å². The van der Waals surface area contributed by atoms with E-state index in [2.05, 4.69) is 312 Å². The first kappa shape index (κ1) is 47.6. The summed E-state index contributed by atoms with van der Waals surface area (Å²) in [6, 6.07) is 108. The molecule has 18 rings (SSSR count). The van der Waals surface area contributed by atoms with Gasteiger partial charge in [-0.25, -0.2) is 0 Å². The molecule has 5 heterocycles. The quantitative estimate of drug-likeness (QED) is 0.149. The van der Waals surface area contributed by atoms with Crippen molar-refractivity contribution >= 4 is 102 Å². The summed E-state index contributed by atoms with van der Waals surface area (Å²) in [5.74, 6) is 3.43. The molecule has 0 bridgehead atoms. The van der Waals surface area contributed by atoms with E-state index in [1.54, 1.807) is 0 Å². The summed E-state index contributed by atoms with van der Waals surface area (Å²) in [6.45, 7) is -0.262. The first-order chi connectivity index (χ1) is 42.1. The maximum Gasteiger partial charge on any atom is 0.256 e. The zero-order valence-corrected chi connectivity index (χ0v) is 46.1. The maximum atomic E-state index is 7.29. The summed E-state index contributed by atoms with van der Waals surface area (Å²) < 4.78 is 17.0. The predicted molar refractivity (Wildman–Crippen MR) is 354 cm³/mol. The zero-order valence-electron chi connectivity index (χ0n) is 46.1. The van der Waals surface area contributed by atoms with Crippen molar-refractivity contribution in [1.82, 2.24) is 4.57 Å². The van der Waals surface area contributed by atoms with Crippen LogP contribution in [0.3, 0.4) is 0 Å². The Labute approximate surface area is 493 Å².